The van der Waals surface area contributed by atoms with Crippen molar-refractivity contribution in [2.24, 2.45) is 0 Å². The van der Waals surface area contributed by atoms with Crippen molar-refractivity contribution in [3.8, 4) is 0 Å². The van der Waals surface area contributed by atoms with Crippen LogP contribution in [0, 0.1) is 0 Å². The summed E-state index contributed by atoms with van der Waals surface area (Å²) in [6.07, 6.45) is 1.26. The van der Waals surface area contributed by atoms with Crippen molar-refractivity contribution >= 4 is 33.3 Å². The smallest absolute Gasteiger partial charge is 0.165 e. The van der Waals surface area contributed by atoms with E-state index >= 15 is 0 Å². The van der Waals surface area contributed by atoms with Crippen molar-refractivity contribution in [2.75, 3.05) is 5.88 Å². The highest BCUT2D eigenvalue weighted by Crippen LogP contribution is 2.22. The van der Waals surface area contributed by atoms with E-state index in [1.54, 1.807) is 0 Å². The third-order valence-electron chi connectivity index (χ3n) is 2.08. The molecule has 76 valence electrons. The van der Waals surface area contributed by atoms with Crippen LogP contribution < -0.4 is 0 Å². The van der Waals surface area contributed by atoms with Crippen molar-refractivity contribution in [3.63, 3.8) is 0 Å². The van der Waals surface area contributed by atoms with Crippen LogP contribution in [0.4, 0.5) is 0 Å². The van der Waals surface area contributed by atoms with Gasteiger partial charge in [0.1, 0.15) is 0 Å². The first kappa shape index (κ1) is 11.7. The van der Waals surface area contributed by atoms with E-state index in [0.717, 1.165) is 22.0 Å². The Hall–Kier alpha value is -0.340. The van der Waals surface area contributed by atoms with Gasteiger partial charge in [-0.3, -0.25) is 4.79 Å². The molecule has 0 unspecified atom stereocenters. The Morgan fingerprint density at radius 3 is 2.79 bits per heavy atom. The molecule has 0 atom stereocenters. The Bertz CT molecular complexity index is 336. The minimum Gasteiger partial charge on any atom is -0.294 e. The predicted molar refractivity (Wildman–Crippen MR) is 63.2 cm³/mol. The Morgan fingerprint density at radius 1 is 1.50 bits per heavy atom. The van der Waals surface area contributed by atoms with E-state index in [4.69, 9.17) is 11.6 Å². The zero-order valence-electron chi connectivity index (χ0n) is 8.02. The summed E-state index contributed by atoms with van der Waals surface area (Å²) < 4.78 is 0.868. The van der Waals surface area contributed by atoms with Crippen LogP contribution in [-0.4, -0.2) is 11.7 Å². The van der Waals surface area contributed by atoms with Crippen molar-refractivity contribution in [3.05, 3.63) is 33.8 Å². The number of rotatable bonds is 4. The molecule has 0 aliphatic rings. The van der Waals surface area contributed by atoms with Gasteiger partial charge in [-0.1, -0.05) is 35.0 Å². The maximum absolute atomic E-state index is 11.7. The predicted octanol–water partition coefficient (Wildman–Crippen LogP) is 3.82. The highest BCUT2D eigenvalue weighted by molar-refractivity contribution is 9.10. The first-order valence-electron chi connectivity index (χ1n) is 4.57. The molecule has 0 saturated carbocycles. The molecular weight excluding hydrogens is 263 g/mol. The summed E-state index contributed by atoms with van der Waals surface area (Å²) in [5.41, 5.74) is 1.87. The first-order valence-corrected chi connectivity index (χ1v) is 5.90. The van der Waals surface area contributed by atoms with Crippen molar-refractivity contribution in [2.45, 2.75) is 19.8 Å². The minimum atomic E-state index is 0.115. The van der Waals surface area contributed by atoms with Gasteiger partial charge in [0, 0.05) is 22.3 Å². The van der Waals surface area contributed by atoms with Gasteiger partial charge in [-0.05, 0) is 18.1 Å². The van der Waals surface area contributed by atoms with Crippen LogP contribution in [0.3, 0.4) is 0 Å². The van der Waals surface area contributed by atoms with Gasteiger partial charge in [0.05, 0.1) is 0 Å². The van der Waals surface area contributed by atoms with Crippen LogP contribution in [0.15, 0.2) is 22.7 Å². The summed E-state index contributed by atoms with van der Waals surface area (Å²) in [4.78, 5) is 11.7. The molecule has 0 bridgehead atoms. The van der Waals surface area contributed by atoms with Gasteiger partial charge in [-0.25, -0.2) is 0 Å². The van der Waals surface area contributed by atoms with Gasteiger partial charge in [0.15, 0.2) is 5.78 Å². The average Bonchev–Trinajstić information content (AvgIpc) is 2.17. The van der Waals surface area contributed by atoms with E-state index in [-0.39, 0.29) is 5.78 Å². The molecule has 0 spiro atoms. The fourth-order valence-electron chi connectivity index (χ4n) is 1.39. The number of alkyl halides is 1. The second-order valence-corrected chi connectivity index (χ2v) is 4.22. The lowest BCUT2D eigenvalue weighted by Gasteiger charge is -2.07. The summed E-state index contributed by atoms with van der Waals surface area (Å²) in [6, 6.07) is 5.81. The highest BCUT2D eigenvalue weighted by atomic mass is 79.9. The SMILES string of the molecule is CCc1cccc(Br)c1C(=O)CCCl. The van der Waals surface area contributed by atoms with Gasteiger partial charge < -0.3 is 0 Å². The molecule has 0 aromatic heterocycles. The highest BCUT2D eigenvalue weighted by Gasteiger charge is 2.12. The second-order valence-electron chi connectivity index (χ2n) is 2.99. The molecule has 14 heavy (non-hydrogen) atoms. The third kappa shape index (κ3) is 2.58. The fraction of sp³-hybridized carbons (Fsp3) is 0.364. The Labute approximate surface area is 97.6 Å². The topological polar surface area (TPSA) is 17.1 Å². The van der Waals surface area contributed by atoms with Gasteiger partial charge in [0.2, 0.25) is 0 Å². The van der Waals surface area contributed by atoms with Crippen LogP contribution in [0.5, 0.6) is 0 Å². The van der Waals surface area contributed by atoms with Crippen LogP contribution in [-0.2, 0) is 6.42 Å². The fourth-order valence-corrected chi connectivity index (χ4v) is 2.19. The molecule has 3 heteroatoms. The Morgan fingerprint density at radius 2 is 2.21 bits per heavy atom. The summed E-state index contributed by atoms with van der Waals surface area (Å²) in [6.45, 7) is 2.04. The number of hydrogen-bond donors (Lipinski definition) is 0. The van der Waals surface area contributed by atoms with E-state index in [1.807, 2.05) is 25.1 Å². The number of Topliss-reactive ketones (excluding diaryl/α,β-unsaturated/α-hetero) is 1. The van der Waals surface area contributed by atoms with E-state index in [9.17, 15) is 4.79 Å². The summed E-state index contributed by atoms with van der Waals surface area (Å²) >= 11 is 8.95. The molecular formula is C11H12BrClO. The number of halogens is 2. The molecule has 1 aromatic rings. The van der Waals surface area contributed by atoms with E-state index in [0.29, 0.717) is 12.3 Å². The minimum absolute atomic E-state index is 0.115. The first-order chi connectivity index (χ1) is 6.70. The van der Waals surface area contributed by atoms with Gasteiger partial charge >= 0.3 is 0 Å². The lowest BCUT2D eigenvalue weighted by atomic mass is 10.0. The van der Waals surface area contributed by atoms with Crippen LogP contribution in [0.25, 0.3) is 0 Å². The average molecular weight is 276 g/mol. The summed E-state index contributed by atoms with van der Waals surface area (Å²) in [5, 5.41) is 0. The normalized spacial score (nSPS) is 10.2. The molecule has 0 N–H and O–H groups in total. The second kappa shape index (κ2) is 5.52. The molecule has 1 nitrogen and oxygen atoms in total. The number of aryl methyl sites for hydroxylation is 1. The van der Waals surface area contributed by atoms with E-state index in [2.05, 4.69) is 15.9 Å². The number of ketones is 1. The number of benzene rings is 1. The van der Waals surface area contributed by atoms with Crippen molar-refractivity contribution in [1.82, 2.24) is 0 Å². The quantitative estimate of drug-likeness (QED) is 0.603. The third-order valence-corrected chi connectivity index (χ3v) is 2.93. The molecule has 0 fully saturated rings. The van der Waals surface area contributed by atoms with Crippen LogP contribution in [0.2, 0.25) is 0 Å². The number of carbonyl (C=O) groups is 1. The monoisotopic (exact) mass is 274 g/mol. The summed E-state index contributed by atoms with van der Waals surface area (Å²) in [7, 11) is 0. The van der Waals surface area contributed by atoms with Crippen molar-refractivity contribution < 1.29 is 4.79 Å². The van der Waals surface area contributed by atoms with Crippen molar-refractivity contribution in [1.29, 1.82) is 0 Å². The summed E-state index contributed by atoms with van der Waals surface area (Å²) in [5.74, 6) is 0.493. The Balaban J connectivity index is 3.10. The largest absolute Gasteiger partial charge is 0.294 e. The van der Waals surface area contributed by atoms with Gasteiger partial charge in [-0.2, -0.15) is 0 Å². The Kier molecular flexibility index (Phi) is 4.63. The van der Waals surface area contributed by atoms with E-state index < -0.39 is 0 Å². The lowest BCUT2D eigenvalue weighted by Crippen LogP contribution is -2.05. The number of hydrogen-bond acceptors (Lipinski definition) is 1. The zero-order valence-corrected chi connectivity index (χ0v) is 10.4. The molecule has 0 heterocycles. The molecule has 0 aliphatic carbocycles. The van der Waals surface area contributed by atoms with Crippen LogP contribution in [0.1, 0.15) is 29.3 Å². The molecule has 1 aromatic carbocycles. The van der Waals surface area contributed by atoms with E-state index in [1.165, 1.54) is 0 Å². The zero-order chi connectivity index (χ0) is 10.6. The molecule has 0 saturated heterocycles. The molecule has 0 radical (unpaired) electrons. The van der Waals surface area contributed by atoms with Crippen LogP contribution >= 0.6 is 27.5 Å². The molecule has 0 aliphatic heterocycles. The van der Waals surface area contributed by atoms with Gasteiger partial charge in [-0.15, -0.1) is 11.6 Å². The number of carbonyl (C=O) groups excluding carboxylic acids is 1. The lowest BCUT2D eigenvalue weighted by molar-refractivity contribution is 0.0987. The maximum Gasteiger partial charge on any atom is 0.165 e. The van der Waals surface area contributed by atoms with Gasteiger partial charge in [0.25, 0.3) is 0 Å². The molecule has 1 rings (SSSR count). The maximum atomic E-state index is 11.7. The molecule has 0 amide bonds. The standard InChI is InChI=1S/C11H12BrClO/c1-2-8-4-3-5-9(12)11(8)10(14)6-7-13/h3-5H,2,6-7H2,1H3.